The molecule has 1 amide bonds. The topological polar surface area (TPSA) is 69.2 Å². The third-order valence-corrected chi connectivity index (χ3v) is 3.50. The molecular weight excluding hydrogens is 272 g/mol. The van der Waals surface area contributed by atoms with E-state index in [2.05, 4.69) is 15.3 Å². The maximum Gasteiger partial charge on any atom is 0.269 e. The maximum atomic E-state index is 11.8. The van der Waals surface area contributed by atoms with Crippen LogP contribution in [0.2, 0.25) is 0 Å². The molecule has 2 atom stereocenters. The molecule has 0 saturated heterocycles. The van der Waals surface area contributed by atoms with Gasteiger partial charge in [0.25, 0.3) is 5.91 Å². The highest BCUT2D eigenvalue weighted by atomic mass is 16.6. The third kappa shape index (κ3) is 3.45. The molecule has 0 spiro atoms. The number of benzene rings is 1. The number of carbonyl (C=O) groups excluding carboxylic acids is 1. The molecule has 21 heavy (non-hydrogen) atoms. The lowest BCUT2D eigenvalue weighted by molar-refractivity contribution is -0.115. The van der Waals surface area contributed by atoms with Crippen LogP contribution in [-0.4, -0.2) is 39.0 Å². The van der Waals surface area contributed by atoms with Gasteiger partial charge in [-0.3, -0.25) is 4.79 Å². The molecule has 1 fully saturated rings. The Balaban J connectivity index is 2.00. The van der Waals surface area contributed by atoms with Gasteiger partial charge in [-0.15, -0.1) is 0 Å². The van der Waals surface area contributed by atoms with Gasteiger partial charge in [-0.05, 0) is 31.0 Å². The molecule has 1 N–H and O–H groups in total. The maximum absolute atomic E-state index is 11.8. The number of methoxy groups -OCH3 is 2. The lowest BCUT2D eigenvalue weighted by Gasteiger charge is -2.09. The molecule has 1 aromatic carbocycles. The van der Waals surface area contributed by atoms with Crippen LogP contribution in [0.5, 0.6) is 11.5 Å². The SMILES string of the molecule is CON=C(C)C(=O)N[C@H]1C[C@H]1c1ccc(OC)c(OC)c1. The molecular formula is C15H20N2O4. The van der Waals surface area contributed by atoms with Crippen LogP contribution >= 0.6 is 0 Å². The molecule has 2 rings (SSSR count). The van der Waals surface area contributed by atoms with Gasteiger partial charge >= 0.3 is 0 Å². The number of hydrogen-bond donors (Lipinski definition) is 1. The molecule has 6 nitrogen and oxygen atoms in total. The second-order valence-corrected chi connectivity index (χ2v) is 4.90. The van der Waals surface area contributed by atoms with Crippen molar-refractivity contribution in [3.8, 4) is 11.5 Å². The number of rotatable bonds is 6. The predicted octanol–water partition coefficient (Wildman–Crippen LogP) is 1.70. The number of ether oxygens (including phenoxy) is 2. The van der Waals surface area contributed by atoms with Crippen LogP contribution in [0.1, 0.15) is 24.8 Å². The van der Waals surface area contributed by atoms with Gasteiger partial charge in [0.2, 0.25) is 0 Å². The van der Waals surface area contributed by atoms with Crippen molar-refractivity contribution in [1.29, 1.82) is 0 Å². The first-order valence-corrected chi connectivity index (χ1v) is 6.71. The van der Waals surface area contributed by atoms with Gasteiger partial charge < -0.3 is 19.6 Å². The number of hydrogen-bond acceptors (Lipinski definition) is 5. The van der Waals surface area contributed by atoms with Crippen LogP contribution in [0.25, 0.3) is 0 Å². The minimum atomic E-state index is -0.204. The largest absolute Gasteiger partial charge is 0.493 e. The van der Waals surface area contributed by atoms with Crippen LogP contribution in [-0.2, 0) is 9.63 Å². The van der Waals surface area contributed by atoms with E-state index in [9.17, 15) is 4.79 Å². The molecule has 1 aliphatic rings. The highest BCUT2D eigenvalue weighted by Gasteiger charge is 2.40. The molecule has 114 valence electrons. The normalized spacial score (nSPS) is 20.7. The molecule has 0 bridgehead atoms. The predicted molar refractivity (Wildman–Crippen MR) is 79.0 cm³/mol. The minimum Gasteiger partial charge on any atom is -0.493 e. The van der Waals surface area contributed by atoms with Crippen molar-refractivity contribution < 1.29 is 19.1 Å². The standard InChI is InChI=1S/C15H20N2O4/c1-9(17-21-4)15(18)16-12-8-11(12)10-5-6-13(19-2)14(7-10)20-3/h5-7,11-12H,8H2,1-4H3,(H,16,18)/t11-,12-/m0/s1. The second kappa shape index (κ2) is 6.47. The van der Waals surface area contributed by atoms with Crippen molar-refractivity contribution in [3.63, 3.8) is 0 Å². The van der Waals surface area contributed by atoms with Crippen molar-refractivity contribution in [2.75, 3.05) is 21.3 Å². The van der Waals surface area contributed by atoms with Crippen molar-refractivity contribution >= 4 is 11.6 Å². The molecule has 0 aromatic heterocycles. The molecule has 1 aliphatic carbocycles. The van der Waals surface area contributed by atoms with Crippen LogP contribution in [0.4, 0.5) is 0 Å². The summed E-state index contributed by atoms with van der Waals surface area (Å²) in [4.78, 5) is 16.4. The van der Waals surface area contributed by atoms with Gasteiger partial charge in [0.05, 0.1) is 14.2 Å². The average Bonchev–Trinajstić information content (AvgIpc) is 3.25. The molecule has 0 radical (unpaired) electrons. The van der Waals surface area contributed by atoms with Gasteiger partial charge in [0.1, 0.15) is 12.8 Å². The summed E-state index contributed by atoms with van der Waals surface area (Å²) in [5.74, 6) is 1.49. The summed E-state index contributed by atoms with van der Waals surface area (Å²) in [7, 11) is 4.63. The van der Waals surface area contributed by atoms with Crippen molar-refractivity contribution in [1.82, 2.24) is 5.32 Å². The van der Waals surface area contributed by atoms with E-state index in [1.807, 2.05) is 18.2 Å². The van der Waals surface area contributed by atoms with Crippen LogP contribution < -0.4 is 14.8 Å². The van der Waals surface area contributed by atoms with Crippen molar-refractivity contribution in [3.05, 3.63) is 23.8 Å². The van der Waals surface area contributed by atoms with Gasteiger partial charge in [0.15, 0.2) is 11.5 Å². The molecule has 0 aliphatic heterocycles. The number of amides is 1. The van der Waals surface area contributed by atoms with E-state index in [0.717, 1.165) is 12.0 Å². The molecule has 0 heterocycles. The Morgan fingerprint density at radius 2 is 1.95 bits per heavy atom. The van der Waals surface area contributed by atoms with Crippen LogP contribution in [0.3, 0.4) is 0 Å². The second-order valence-electron chi connectivity index (χ2n) is 4.90. The first-order chi connectivity index (χ1) is 10.1. The summed E-state index contributed by atoms with van der Waals surface area (Å²) in [5.41, 5.74) is 1.44. The number of nitrogens with zero attached hydrogens (tertiary/aromatic N) is 1. The Bertz CT molecular complexity index is 557. The average molecular weight is 292 g/mol. The van der Waals surface area contributed by atoms with E-state index in [0.29, 0.717) is 23.1 Å². The Labute approximate surface area is 124 Å². The number of nitrogens with one attached hydrogen (secondary N) is 1. The zero-order chi connectivity index (χ0) is 15.4. The molecule has 1 saturated carbocycles. The third-order valence-electron chi connectivity index (χ3n) is 3.50. The van der Waals surface area contributed by atoms with Gasteiger partial charge in [-0.25, -0.2) is 0 Å². The van der Waals surface area contributed by atoms with Crippen LogP contribution in [0, 0.1) is 0 Å². The first kappa shape index (κ1) is 15.2. The highest BCUT2D eigenvalue weighted by Crippen LogP contribution is 2.43. The molecule has 0 unspecified atom stereocenters. The summed E-state index contributed by atoms with van der Waals surface area (Å²) in [6, 6.07) is 5.95. The van der Waals surface area contributed by atoms with E-state index in [-0.39, 0.29) is 11.9 Å². The van der Waals surface area contributed by atoms with E-state index in [4.69, 9.17) is 9.47 Å². The Hall–Kier alpha value is -2.24. The monoisotopic (exact) mass is 292 g/mol. The van der Waals surface area contributed by atoms with E-state index < -0.39 is 0 Å². The Kier molecular flexibility index (Phi) is 4.67. The fraction of sp³-hybridized carbons (Fsp3) is 0.467. The van der Waals surface area contributed by atoms with E-state index >= 15 is 0 Å². The van der Waals surface area contributed by atoms with E-state index in [1.54, 1.807) is 21.1 Å². The molecule has 1 aromatic rings. The quantitative estimate of drug-likeness (QED) is 0.640. The van der Waals surface area contributed by atoms with Crippen molar-refractivity contribution in [2.45, 2.75) is 25.3 Å². The van der Waals surface area contributed by atoms with Crippen LogP contribution in [0.15, 0.2) is 23.4 Å². The summed E-state index contributed by atoms with van der Waals surface area (Å²) in [6.45, 7) is 1.62. The number of carbonyl (C=O) groups is 1. The molecule has 6 heteroatoms. The summed E-state index contributed by atoms with van der Waals surface area (Å²) in [5, 5.41) is 6.55. The summed E-state index contributed by atoms with van der Waals surface area (Å²) < 4.78 is 10.5. The lowest BCUT2D eigenvalue weighted by Crippen LogP contribution is -2.32. The minimum absolute atomic E-state index is 0.123. The zero-order valence-electron chi connectivity index (χ0n) is 12.7. The van der Waals surface area contributed by atoms with Gasteiger partial charge in [-0.1, -0.05) is 11.2 Å². The van der Waals surface area contributed by atoms with Crippen molar-refractivity contribution in [2.24, 2.45) is 5.16 Å². The van der Waals surface area contributed by atoms with E-state index in [1.165, 1.54) is 7.11 Å². The fourth-order valence-electron chi connectivity index (χ4n) is 2.26. The number of oxime groups is 1. The van der Waals surface area contributed by atoms with Gasteiger partial charge in [0, 0.05) is 12.0 Å². The smallest absolute Gasteiger partial charge is 0.269 e. The Morgan fingerprint density at radius 1 is 1.24 bits per heavy atom. The highest BCUT2D eigenvalue weighted by molar-refractivity contribution is 6.37. The van der Waals surface area contributed by atoms with Gasteiger partial charge in [-0.2, -0.15) is 0 Å². The fourth-order valence-corrected chi connectivity index (χ4v) is 2.26. The summed E-state index contributed by atoms with van der Waals surface area (Å²) >= 11 is 0. The Morgan fingerprint density at radius 3 is 2.57 bits per heavy atom. The zero-order valence-corrected chi connectivity index (χ0v) is 12.7. The first-order valence-electron chi connectivity index (χ1n) is 6.71. The lowest BCUT2D eigenvalue weighted by atomic mass is 10.1. The summed E-state index contributed by atoms with van der Waals surface area (Å²) in [6.07, 6.45) is 0.904.